The predicted octanol–water partition coefficient (Wildman–Crippen LogP) is 0.717. The quantitative estimate of drug-likeness (QED) is 0.607. The van der Waals surface area contributed by atoms with Gasteiger partial charge in [0.05, 0.1) is 0 Å². The van der Waals surface area contributed by atoms with Crippen molar-refractivity contribution in [3.05, 3.63) is 12.2 Å². The summed E-state index contributed by atoms with van der Waals surface area (Å²) in [5.41, 5.74) is 0. The van der Waals surface area contributed by atoms with E-state index in [1.165, 1.54) is 31.8 Å². The lowest BCUT2D eigenvalue weighted by Crippen LogP contribution is -2.40. The molecule has 14 heavy (non-hydrogen) atoms. The SMILES string of the molecule is CN1CCC2c3ncnn3CCC2C1. The molecule has 2 unspecified atom stereocenters. The Labute approximate surface area is 83.9 Å². The first-order valence-corrected chi connectivity index (χ1v) is 5.41. The zero-order valence-electron chi connectivity index (χ0n) is 8.56. The Bertz CT molecular complexity index is 333. The van der Waals surface area contributed by atoms with Gasteiger partial charge in [-0.25, -0.2) is 9.67 Å². The van der Waals surface area contributed by atoms with Crippen molar-refractivity contribution >= 4 is 0 Å². The molecule has 2 aliphatic rings. The molecular formula is C10H16N4. The van der Waals surface area contributed by atoms with E-state index in [9.17, 15) is 0 Å². The van der Waals surface area contributed by atoms with Crippen LogP contribution in [-0.4, -0.2) is 39.8 Å². The van der Waals surface area contributed by atoms with Crippen LogP contribution in [0, 0.1) is 5.92 Å². The fraction of sp³-hybridized carbons (Fsp3) is 0.800. The van der Waals surface area contributed by atoms with Gasteiger partial charge in [0, 0.05) is 19.0 Å². The van der Waals surface area contributed by atoms with E-state index < -0.39 is 0 Å². The van der Waals surface area contributed by atoms with Gasteiger partial charge in [-0.2, -0.15) is 5.10 Å². The number of fused-ring (bicyclic) bond motifs is 3. The molecule has 76 valence electrons. The van der Waals surface area contributed by atoms with E-state index in [0.717, 1.165) is 12.5 Å². The third kappa shape index (κ3) is 1.17. The van der Waals surface area contributed by atoms with Crippen LogP contribution in [0.15, 0.2) is 6.33 Å². The summed E-state index contributed by atoms with van der Waals surface area (Å²) >= 11 is 0. The Kier molecular flexibility index (Phi) is 1.83. The van der Waals surface area contributed by atoms with E-state index in [0.29, 0.717) is 5.92 Å². The van der Waals surface area contributed by atoms with E-state index in [4.69, 9.17) is 0 Å². The average molecular weight is 192 g/mol. The summed E-state index contributed by atoms with van der Waals surface area (Å²) in [6.45, 7) is 3.50. The molecule has 4 heteroatoms. The zero-order chi connectivity index (χ0) is 9.54. The Morgan fingerprint density at radius 2 is 2.29 bits per heavy atom. The molecule has 1 fully saturated rings. The second kappa shape index (κ2) is 3.05. The van der Waals surface area contributed by atoms with Gasteiger partial charge in [-0.3, -0.25) is 0 Å². The van der Waals surface area contributed by atoms with Gasteiger partial charge in [0.1, 0.15) is 12.2 Å². The summed E-state index contributed by atoms with van der Waals surface area (Å²) in [5, 5.41) is 4.26. The maximum Gasteiger partial charge on any atom is 0.138 e. The number of hydrogen-bond donors (Lipinski definition) is 0. The highest BCUT2D eigenvalue weighted by Crippen LogP contribution is 2.36. The molecule has 0 saturated carbocycles. The van der Waals surface area contributed by atoms with E-state index >= 15 is 0 Å². The van der Waals surface area contributed by atoms with Gasteiger partial charge >= 0.3 is 0 Å². The molecule has 1 aromatic rings. The minimum absolute atomic E-state index is 0.669. The fourth-order valence-corrected chi connectivity index (χ4v) is 2.87. The highest BCUT2D eigenvalue weighted by Gasteiger charge is 2.34. The highest BCUT2D eigenvalue weighted by molar-refractivity contribution is 5.04. The standard InChI is InChI=1S/C10H16N4/c1-13-4-3-9-8(6-13)2-5-14-10(9)11-7-12-14/h7-9H,2-6H2,1H3. The smallest absolute Gasteiger partial charge is 0.138 e. The Morgan fingerprint density at radius 3 is 3.21 bits per heavy atom. The number of aromatic nitrogens is 3. The first-order chi connectivity index (χ1) is 6.84. The Morgan fingerprint density at radius 1 is 1.36 bits per heavy atom. The molecule has 2 atom stereocenters. The van der Waals surface area contributed by atoms with Crippen LogP contribution in [0.25, 0.3) is 0 Å². The molecule has 3 heterocycles. The summed E-state index contributed by atoms with van der Waals surface area (Å²) < 4.78 is 2.09. The predicted molar refractivity (Wildman–Crippen MR) is 53.0 cm³/mol. The summed E-state index contributed by atoms with van der Waals surface area (Å²) in [6.07, 6.45) is 4.22. The molecule has 1 aromatic heterocycles. The van der Waals surface area contributed by atoms with E-state index in [1.807, 2.05) is 0 Å². The maximum atomic E-state index is 4.40. The molecule has 0 bridgehead atoms. The third-order valence-electron chi connectivity index (χ3n) is 3.63. The van der Waals surface area contributed by atoms with E-state index in [-0.39, 0.29) is 0 Å². The van der Waals surface area contributed by atoms with Crippen molar-refractivity contribution in [1.82, 2.24) is 19.7 Å². The van der Waals surface area contributed by atoms with Crippen molar-refractivity contribution in [2.45, 2.75) is 25.3 Å². The van der Waals surface area contributed by atoms with E-state index in [2.05, 4.69) is 26.7 Å². The Balaban J connectivity index is 1.91. The second-order valence-electron chi connectivity index (χ2n) is 4.55. The lowest BCUT2D eigenvalue weighted by atomic mass is 9.81. The number of hydrogen-bond acceptors (Lipinski definition) is 3. The van der Waals surface area contributed by atoms with Gasteiger partial charge in [0.15, 0.2) is 0 Å². The second-order valence-corrected chi connectivity index (χ2v) is 4.55. The van der Waals surface area contributed by atoms with Crippen LogP contribution < -0.4 is 0 Å². The fourth-order valence-electron chi connectivity index (χ4n) is 2.87. The normalized spacial score (nSPS) is 32.4. The average Bonchev–Trinajstić information content (AvgIpc) is 2.65. The van der Waals surface area contributed by atoms with Gasteiger partial charge in [0.2, 0.25) is 0 Å². The topological polar surface area (TPSA) is 34.0 Å². The van der Waals surface area contributed by atoms with Gasteiger partial charge in [-0.15, -0.1) is 0 Å². The lowest BCUT2D eigenvalue weighted by molar-refractivity contribution is 0.146. The molecule has 1 saturated heterocycles. The minimum Gasteiger partial charge on any atom is -0.306 e. The monoisotopic (exact) mass is 192 g/mol. The molecule has 0 aliphatic carbocycles. The summed E-state index contributed by atoms with van der Waals surface area (Å²) in [7, 11) is 2.22. The van der Waals surface area contributed by atoms with Crippen molar-refractivity contribution in [1.29, 1.82) is 0 Å². The largest absolute Gasteiger partial charge is 0.306 e. The summed E-state index contributed by atoms with van der Waals surface area (Å²) in [5.74, 6) is 2.71. The number of aryl methyl sites for hydroxylation is 1. The van der Waals surface area contributed by atoms with Crippen molar-refractivity contribution in [2.75, 3.05) is 20.1 Å². The van der Waals surface area contributed by atoms with Crippen LogP contribution in [0.4, 0.5) is 0 Å². The molecular weight excluding hydrogens is 176 g/mol. The molecule has 0 amide bonds. The van der Waals surface area contributed by atoms with Gasteiger partial charge in [-0.05, 0) is 32.4 Å². The van der Waals surface area contributed by atoms with Crippen LogP contribution in [0.3, 0.4) is 0 Å². The third-order valence-corrected chi connectivity index (χ3v) is 3.63. The minimum atomic E-state index is 0.669. The van der Waals surface area contributed by atoms with Crippen LogP contribution >= 0.6 is 0 Å². The highest BCUT2D eigenvalue weighted by atomic mass is 15.3. The zero-order valence-corrected chi connectivity index (χ0v) is 8.56. The number of nitrogens with zero attached hydrogens (tertiary/aromatic N) is 4. The summed E-state index contributed by atoms with van der Waals surface area (Å²) in [6, 6.07) is 0. The molecule has 2 aliphatic heterocycles. The van der Waals surface area contributed by atoms with Gasteiger partial charge in [0.25, 0.3) is 0 Å². The van der Waals surface area contributed by atoms with Crippen molar-refractivity contribution in [2.24, 2.45) is 5.92 Å². The lowest BCUT2D eigenvalue weighted by Gasteiger charge is -2.39. The van der Waals surface area contributed by atoms with Gasteiger partial charge < -0.3 is 4.90 Å². The number of rotatable bonds is 0. The van der Waals surface area contributed by atoms with E-state index in [1.54, 1.807) is 6.33 Å². The van der Waals surface area contributed by atoms with Crippen LogP contribution in [0.1, 0.15) is 24.6 Å². The Hall–Kier alpha value is -0.900. The molecule has 0 N–H and O–H groups in total. The first kappa shape index (κ1) is 8.41. The molecule has 4 nitrogen and oxygen atoms in total. The van der Waals surface area contributed by atoms with Crippen LogP contribution in [0.2, 0.25) is 0 Å². The summed E-state index contributed by atoms with van der Waals surface area (Å²) in [4.78, 5) is 6.84. The number of likely N-dealkylation sites (tertiary alicyclic amines) is 1. The molecule has 0 radical (unpaired) electrons. The van der Waals surface area contributed by atoms with Crippen LogP contribution in [-0.2, 0) is 6.54 Å². The molecule has 0 aromatic carbocycles. The first-order valence-electron chi connectivity index (χ1n) is 5.41. The van der Waals surface area contributed by atoms with Gasteiger partial charge in [-0.1, -0.05) is 0 Å². The number of piperidine rings is 1. The van der Waals surface area contributed by atoms with Crippen molar-refractivity contribution in [3.8, 4) is 0 Å². The molecule has 0 spiro atoms. The van der Waals surface area contributed by atoms with Crippen molar-refractivity contribution < 1.29 is 0 Å². The maximum absolute atomic E-state index is 4.40. The molecule has 3 rings (SSSR count). The van der Waals surface area contributed by atoms with Crippen molar-refractivity contribution in [3.63, 3.8) is 0 Å². The van der Waals surface area contributed by atoms with Crippen LogP contribution in [0.5, 0.6) is 0 Å².